The van der Waals surface area contributed by atoms with Crippen LogP contribution in [0.25, 0.3) is 22.5 Å². The molecule has 0 aliphatic heterocycles. The molecule has 0 amide bonds. The first-order valence-electron chi connectivity index (χ1n) is 6.94. The first kappa shape index (κ1) is 16.1. The van der Waals surface area contributed by atoms with Crippen molar-refractivity contribution in [3.05, 3.63) is 77.9 Å². The van der Waals surface area contributed by atoms with E-state index in [2.05, 4.69) is 4.98 Å². The lowest BCUT2D eigenvalue weighted by Crippen LogP contribution is -2.06. The van der Waals surface area contributed by atoms with Crippen LogP contribution in [-0.4, -0.2) is 4.98 Å². The highest BCUT2D eigenvalue weighted by Crippen LogP contribution is 2.34. The van der Waals surface area contributed by atoms with E-state index in [0.717, 1.165) is 24.3 Å². The molecule has 0 radical (unpaired) electrons. The maximum Gasteiger partial charge on any atom is 0.416 e. The highest BCUT2D eigenvalue weighted by molar-refractivity contribution is 5.67. The summed E-state index contributed by atoms with van der Waals surface area (Å²) in [6.07, 6.45) is -4.60. The molecule has 0 bridgehead atoms. The molecule has 1 heterocycles. The van der Waals surface area contributed by atoms with Crippen LogP contribution in [-0.2, 0) is 6.18 Å². The number of hydrogen-bond acceptors (Lipinski definition) is 1. The van der Waals surface area contributed by atoms with Gasteiger partial charge in [-0.2, -0.15) is 13.2 Å². The molecule has 0 fully saturated rings. The van der Waals surface area contributed by atoms with E-state index in [9.17, 15) is 22.0 Å². The number of hydrogen-bond donors (Lipinski definition) is 0. The lowest BCUT2D eigenvalue weighted by atomic mass is 10.0. The minimum Gasteiger partial charge on any atom is -0.248 e. The molecular weight excluding hydrogens is 325 g/mol. The predicted molar refractivity (Wildman–Crippen MR) is 80.0 cm³/mol. The molecule has 0 aliphatic rings. The highest BCUT2D eigenvalue weighted by atomic mass is 19.4. The maximum atomic E-state index is 13.4. The van der Waals surface area contributed by atoms with Gasteiger partial charge in [0.25, 0.3) is 0 Å². The average molecular weight is 335 g/mol. The topological polar surface area (TPSA) is 12.9 Å². The second-order valence-electron chi connectivity index (χ2n) is 5.14. The molecule has 2 aromatic carbocycles. The van der Waals surface area contributed by atoms with Gasteiger partial charge in [-0.3, -0.25) is 0 Å². The van der Waals surface area contributed by atoms with Gasteiger partial charge < -0.3 is 0 Å². The Labute approximate surface area is 134 Å². The van der Waals surface area contributed by atoms with Crippen molar-refractivity contribution in [3.8, 4) is 22.5 Å². The van der Waals surface area contributed by atoms with Gasteiger partial charge in [-0.1, -0.05) is 24.3 Å². The number of benzene rings is 2. The van der Waals surface area contributed by atoms with Crippen molar-refractivity contribution in [2.24, 2.45) is 0 Å². The quantitative estimate of drug-likeness (QED) is 0.546. The number of nitrogens with zero attached hydrogens (tertiary/aromatic N) is 1. The Kier molecular flexibility index (Phi) is 4.05. The Morgan fingerprint density at radius 3 is 1.50 bits per heavy atom. The van der Waals surface area contributed by atoms with Crippen LogP contribution in [0.5, 0.6) is 0 Å². The summed E-state index contributed by atoms with van der Waals surface area (Å²) >= 11 is 0. The van der Waals surface area contributed by atoms with Crippen LogP contribution >= 0.6 is 0 Å². The van der Waals surface area contributed by atoms with Crippen LogP contribution in [0.15, 0.2) is 60.7 Å². The van der Waals surface area contributed by atoms with E-state index >= 15 is 0 Å². The zero-order chi connectivity index (χ0) is 17.3. The fourth-order valence-electron chi connectivity index (χ4n) is 2.29. The molecule has 3 rings (SSSR count). The Morgan fingerprint density at radius 1 is 0.667 bits per heavy atom. The number of alkyl halides is 3. The number of halogens is 5. The van der Waals surface area contributed by atoms with Gasteiger partial charge in [-0.25, -0.2) is 13.8 Å². The van der Waals surface area contributed by atoms with E-state index in [-0.39, 0.29) is 22.5 Å². The SMILES string of the molecule is Fc1cccc(-c2cc(C(F)(F)F)cc(-c3cccc(F)c3)n2)c1. The monoisotopic (exact) mass is 335 g/mol. The Morgan fingerprint density at radius 2 is 1.12 bits per heavy atom. The van der Waals surface area contributed by atoms with Gasteiger partial charge in [0.1, 0.15) is 11.6 Å². The molecule has 0 unspecified atom stereocenters. The van der Waals surface area contributed by atoms with Gasteiger partial charge in [-0.05, 0) is 36.4 Å². The summed E-state index contributed by atoms with van der Waals surface area (Å²) in [7, 11) is 0. The second kappa shape index (κ2) is 6.03. The summed E-state index contributed by atoms with van der Waals surface area (Å²) in [4.78, 5) is 4.14. The van der Waals surface area contributed by atoms with Crippen LogP contribution in [0.3, 0.4) is 0 Å². The standard InChI is InChI=1S/C18H10F5N/c19-14-5-1-3-11(7-14)16-9-13(18(21,22)23)10-17(24-16)12-4-2-6-15(20)8-12/h1-10H. The maximum absolute atomic E-state index is 13.4. The Hall–Kier alpha value is -2.76. The first-order valence-corrected chi connectivity index (χ1v) is 6.94. The van der Waals surface area contributed by atoms with Gasteiger partial charge in [-0.15, -0.1) is 0 Å². The molecule has 3 aromatic rings. The minimum absolute atomic E-state index is 0.0383. The number of pyridine rings is 1. The lowest BCUT2D eigenvalue weighted by molar-refractivity contribution is -0.137. The summed E-state index contributed by atoms with van der Waals surface area (Å²) in [6.45, 7) is 0. The fourth-order valence-corrected chi connectivity index (χ4v) is 2.29. The van der Waals surface area contributed by atoms with E-state index in [1.165, 1.54) is 36.4 Å². The first-order chi connectivity index (χ1) is 11.3. The normalized spacial score (nSPS) is 11.5. The van der Waals surface area contributed by atoms with Crippen molar-refractivity contribution in [2.45, 2.75) is 6.18 Å². The molecule has 0 spiro atoms. The van der Waals surface area contributed by atoms with Crippen LogP contribution in [0.4, 0.5) is 22.0 Å². The number of rotatable bonds is 2. The van der Waals surface area contributed by atoms with E-state index in [1.54, 1.807) is 0 Å². The molecule has 0 atom stereocenters. The predicted octanol–water partition coefficient (Wildman–Crippen LogP) is 5.71. The highest BCUT2D eigenvalue weighted by Gasteiger charge is 2.32. The molecule has 6 heteroatoms. The van der Waals surface area contributed by atoms with Gasteiger partial charge >= 0.3 is 6.18 Å². The summed E-state index contributed by atoms with van der Waals surface area (Å²) < 4.78 is 66.2. The van der Waals surface area contributed by atoms with Crippen molar-refractivity contribution >= 4 is 0 Å². The summed E-state index contributed by atoms with van der Waals surface area (Å²) in [5.41, 5.74) is -0.597. The van der Waals surface area contributed by atoms with Gasteiger partial charge in [0, 0.05) is 11.1 Å². The third-order valence-electron chi connectivity index (χ3n) is 3.39. The lowest BCUT2D eigenvalue weighted by Gasteiger charge is -2.12. The second-order valence-corrected chi connectivity index (χ2v) is 5.14. The van der Waals surface area contributed by atoms with Gasteiger partial charge in [0.15, 0.2) is 0 Å². The fraction of sp³-hybridized carbons (Fsp3) is 0.0556. The van der Waals surface area contributed by atoms with Crippen molar-refractivity contribution in [1.29, 1.82) is 0 Å². The molecule has 1 nitrogen and oxygen atoms in total. The van der Waals surface area contributed by atoms with Crippen LogP contribution < -0.4 is 0 Å². The van der Waals surface area contributed by atoms with E-state index in [0.29, 0.717) is 0 Å². The van der Waals surface area contributed by atoms with E-state index in [4.69, 9.17) is 0 Å². The minimum atomic E-state index is -4.60. The molecule has 0 aliphatic carbocycles. The van der Waals surface area contributed by atoms with Crippen molar-refractivity contribution < 1.29 is 22.0 Å². The largest absolute Gasteiger partial charge is 0.416 e. The summed E-state index contributed by atoms with van der Waals surface area (Å²) in [5.74, 6) is -1.17. The van der Waals surface area contributed by atoms with Crippen molar-refractivity contribution in [2.75, 3.05) is 0 Å². The van der Waals surface area contributed by atoms with Crippen LogP contribution in [0.2, 0.25) is 0 Å². The van der Waals surface area contributed by atoms with E-state index < -0.39 is 23.4 Å². The number of aromatic nitrogens is 1. The van der Waals surface area contributed by atoms with Crippen molar-refractivity contribution in [3.63, 3.8) is 0 Å². The smallest absolute Gasteiger partial charge is 0.248 e. The van der Waals surface area contributed by atoms with E-state index in [1.807, 2.05) is 0 Å². The molecule has 1 aromatic heterocycles. The summed E-state index contributed by atoms with van der Waals surface area (Å²) in [5, 5.41) is 0. The molecule has 122 valence electrons. The van der Waals surface area contributed by atoms with Crippen LogP contribution in [0, 0.1) is 11.6 Å². The molecule has 0 saturated heterocycles. The third-order valence-corrected chi connectivity index (χ3v) is 3.39. The molecular formula is C18H10F5N. The zero-order valence-corrected chi connectivity index (χ0v) is 12.1. The van der Waals surface area contributed by atoms with Crippen molar-refractivity contribution in [1.82, 2.24) is 4.98 Å². The Balaban J connectivity index is 2.21. The molecule has 0 saturated carbocycles. The average Bonchev–Trinajstić information content (AvgIpc) is 2.53. The molecule has 24 heavy (non-hydrogen) atoms. The third kappa shape index (κ3) is 3.42. The molecule has 0 N–H and O–H groups in total. The van der Waals surface area contributed by atoms with Gasteiger partial charge in [0.05, 0.1) is 17.0 Å². The van der Waals surface area contributed by atoms with Crippen LogP contribution in [0.1, 0.15) is 5.56 Å². The zero-order valence-electron chi connectivity index (χ0n) is 12.1. The summed E-state index contributed by atoms with van der Waals surface area (Å²) in [6, 6.07) is 11.9. The Bertz CT molecular complexity index is 823. The van der Waals surface area contributed by atoms with Gasteiger partial charge in [0.2, 0.25) is 0 Å².